The molecular formula is C18H19N3O4. The molecule has 0 saturated heterocycles. The first-order valence-corrected chi connectivity index (χ1v) is 7.74. The van der Waals surface area contributed by atoms with Crippen LogP contribution in [0.5, 0.6) is 5.75 Å². The van der Waals surface area contributed by atoms with E-state index in [1.165, 1.54) is 18.2 Å². The largest absolute Gasteiger partial charge is 0.496 e. The molecule has 7 nitrogen and oxygen atoms in total. The first kappa shape index (κ1) is 16.8. The topological polar surface area (TPSA) is 104 Å². The fraction of sp³-hybridized carbons (Fsp3) is 0.278. The number of nitrogen functional groups attached to an aromatic ring is 1. The summed E-state index contributed by atoms with van der Waals surface area (Å²) in [6.45, 7) is 6.18. The van der Waals surface area contributed by atoms with Crippen molar-refractivity contribution in [2.45, 2.75) is 26.2 Å². The van der Waals surface area contributed by atoms with Crippen molar-refractivity contribution in [3.63, 3.8) is 0 Å². The minimum Gasteiger partial charge on any atom is -0.496 e. The van der Waals surface area contributed by atoms with Crippen LogP contribution in [0.1, 0.15) is 26.3 Å². The maximum atomic E-state index is 10.9. The zero-order valence-corrected chi connectivity index (χ0v) is 14.5. The molecule has 0 radical (unpaired) electrons. The monoisotopic (exact) mass is 341 g/mol. The number of methoxy groups -OCH3 is 1. The van der Waals surface area contributed by atoms with Crippen molar-refractivity contribution in [1.82, 2.24) is 4.98 Å². The van der Waals surface area contributed by atoms with Gasteiger partial charge in [0.15, 0.2) is 5.58 Å². The van der Waals surface area contributed by atoms with Gasteiger partial charge in [-0.1, -0.05) is 20.8 Å². The molecule has 0 amide bonds. The van der Waals surface area contributed by atoms with Gasteiger partial charge in [0, 0.05) is 23.4 Å². The number of hydrogen-bond donors (Lipinski definition) is 1. The van der Waals surface area contributed by atoms with E-state index >= 15 is 0 Å². The zero-order chi connectivity index (χ0) is 18.4. The highest BCUT2D eigenvalue weighted by Crippen LogP contribution is 2.41. The molecule has 1 heterocycles. The first-order chi connectivity index (χ1) is 11.7. The molecule has 1 aromatic heterocycles. The van der Waals surface area contributed by atoms with E-state index in [-0.39, 0.29) is 11.1 Å². The Kier molecular flexibility index (Phi) is 3.87. The van der Waals surface area contributed by atoms with Gasteiger partial charge in [-0.25, -0.2) is 4.98 Å². The number of rotatable bonds is 3. The van der Waals surface area contributed by atoms with Gasteiger partial charge in [0.25, 0.3) is 5.69 Å². The second-order valence-corrected chi connectivity index (χ2v) is 6.83. The molecule has 0 saturated carbocycles. The number of hydrogen-bond acceptors (Lipinski definition) is 6. The van der Waals surface area contributed by atoms with Crippen LogP contribution >= 0.6 is 0 Å². The number of benzene rings is 2. The van der Waals surface area contributed by atoms with E-state index in [0.717, 1.165) is 5.56 Å². The summed E-state index contributed by atoms with van der Waals surface area (Å²) in [5, 5.41) is 10.9. The predicted molar refractivity (Wildman–Crippen MR) is 95.8 cm³/mol. The summed E-state index contributed by atoms with van der Waals surface area (Å²) in [5.41, 5.74) is 8.81. The molecule has 0 spiro atoms. The zero-order valence-electron chi connectivity index (χ0n) is 14.5. The number of aromatic nitrogens is 1. The second-order valence-electron chi connectivity index (χ2n) is 6.83. The summed E-state index contributed by atoms with van der Waals surface area (Å²) in [7, 11) is 1.58. The molecule has 0 fully saturated rings. The van der Waals surface area contributed by atoms with Crippen molar-refractivity contribution >= 4 is 22.5 Å². The van der Waals surface area contributed by atoms with Gasteiger partial charge in [0.2, 0.25) is 5.89 Å². The van der Waals surface area contributed by atoms with E-state index < -0.39 is 4.92 Å². The van der Waals surface area contributed by atoms with Crippen LogP contribution < -0.4 is 10.5 Å². The number of nitro benzene ring substituents is 1. The van der Waals surface area contributed by atoms with Crippen LogP contribution in [0.15, 0.2) is 34.7 Å². The molecular weight excluding hydrogens is 322 g/mol. The number of nitrogens with two attached hydrogens (primary N) is 1. The molecule has 0 atom stereocenters. The summed E-state index contributed by atoms with van der Waals surface area (Å²) in [6.07, 6.45) is 0. The number of ether oxygens (including phenoxy) is 1. The fourth-order valence-electron chi connectivity index (χ4n) is 2.73. The normalized spacial score (nSPS) is 11.7. The summed E-state index contributed by atoms with van der Waals surface area (Å²) in [6, 6.07) is 7.90. The highest BCUT2D eigenvalue weighted by atomic mass is 16.6. The van der Waals surface area contributed by atoms with E-state index in [1.807, 2.05) is 6.07 Å². The Bertz CT molecular complexity index is 970. The third kappa shape index (κ3) is 3.00. The van der Waals surface area contributed by atoms with Crippen molar-refractivity contribution in [2.24, 2.45) is 0 Å². The van der Waals surface area contributed by atoms with Crippen molar-refractivity contribution in [3.05, 3.63) is 46.0 Å². The van der Waals surface area contributed by atoms with Crippen LogP contribution in [0, 0.1) is 10.1 Å². The van der Waals surface area contributed by atoms with Crippen molar-refractivity contribution in [2.75, 3.05) is 12.8 Å². The van der Waals surface area contributed by atoms with E-state index in [9.17, 15) is 10.1 Å². The fourth-order valence-corrected chi connectivity index (χ4v) is 2.73. The minimum atomic E-state index is -0.466. The number of non-ortho nitro benzene ring substituents is 1. The van der Waals surface area contributed by atoms with Crippen LogP contribution in [0.25, 0.3) is 22.6 Å². The number of fused-ring (bicyclic) bond motifs is 1. The Balaban J connectivity index is 2.24. The van der Waals surface area contributed by atoms with E-state index in [0.29, 0.717) is 34.0 Å². The quantitative estimate of drug-likeness (QED) is 0.433. The average molecular weight is 341 g/mol. The summed E-state index contributed by atoms with van der Waals surface area (Å²) in [4.78, 5) is 14.9. The molecule has 0 unspecified atom stereocenters. The van der Waals surface area contributed by atoms with Crippen molar-refractivity contribution in [3.8, 4) is 17.2 Å². The Morgan fingerprint density at radius 1 is 1.24 bits per heavy atom. The molecule has 2 aromatic carbocycles. The molecule has 2 N–H and O–H groups in total. The number of nitro groups is 1. The molecule has 3 aromatic rings. The minimum absolute atomic E-state index is 0.0396. The number of anilines is 1. The van der Waals surface area contributed by atoms with Crippen LogP contribution in [0.3, 0.4) is 0 Å². The van der Waals surface area contributed by atoms with Gasteiger partial charge in [0.1, 0.15) is 11.3 Å². The predicted octanol–water partition coefficient (Wildman–Crippen LogP) is 4.29. The third-order valence-electron chi connectivity index (χ3n) is 3.94. The molecule has 0 aliphatic heterocycles. The van der Waals surface area contributed by atoms with Crippen molar-refractivity contribution < 1.29 is 14.1 Å². The SMILES string of the molecule is COc1c(-c2nc3cc([N+](=O)[O-])ccc3o2)cc(N)cc1C(C)(C)C. The lowest BCUT2D eigenvalue weighted by molar-refractivity contribution is -0.384. The highest BCUT2D eigenvalue weighted by Gasteiger charge is 2.25. The molecule has 7 heteroatoms. The molecule has 130 valence electrons. The van der Waals surface area contributed by atoms with Crippen LogP contribution in [0.2, 0.25) is 0 Å². The number of nitrogens with zero attached hydrogens (tertiary/aromatic N) is 2. The number of oxazole rings is 1. The highest BCUT2D eigenvalue weighted by molar-refractivity contribution is 5.81. The molecule has 3 rings (SSSR count). The molecule has 0 aliphatic carbocycles. The molecule has 0 bridgehead atoms. The summed E-state index contributed by atoms with van der Waals surface area (Å²) >= 11 is 0. The summed E-state index contributed by atoms with van der Waals surface area (Å²) < 4.78 is 11.4. The average Bonchev–Trinajstić information content (AvgIpc) is 2.96. The lowest BCUT2D eigenvalue weighted by Crippen LogP contribution is -2.14. The smallest absolute Gasteiger partial charge is 0.271 e. The van der Waals surface area contributed by atoms with Crippen LogP contribution in [-0.4, -0.2) is 17.0 Å². The Labute approximate surface area is 144 Å². The van der Waals surface area contributed by atoms with Gasteiger partial charge in [0.05, 0.1) is 17.6 Å². The summed E-state index contributed by atoms with van der Waals surface area (Å²) in [5.74, 6) is 0.938. The lowest BCUT2D eigenvalue weighted by Gasteiger charge is -2.24. The lowest BCUT2D eigenvalue weighted by atomic mass is 9.84. The maximum Gasteiger partial charge on any atom is 0.271 e. The third-order valence-corrected chi connectivity index (χ3v) is 3.94. The first-order valence-electron chi connectivity index (χ1n) is 7.74. The maximum absolute atomic E-state index is 10.9. The van der Waals surface area contributed by atoms with Gasteiger partial charge in [-0.05, 0) is 23.6 Å². The molecule has 25 heavy (non-hydrogen) atoms. The van der Waals surface area contributed by atoms with E-state index in [4.69, 9.17) is 14.9 Å². The van der Waals surface area contributed by atoms with Gasteiger partial charge in [-0.2, -0.15) is 0 Å². The Hall–Kier alpha value is -3.09. The Morgan fingerprint density at radius 2 is 1.96 bits per heavy atom. The van der Waals surface area contributed by atoms with E-state index in [2.05, 4.69) is 25.8 Å². The van der Waals surface area contributed by atoms with Gasteiger partial charge in [-0.15, -0.1) is 0 Å². The molecule has 0 aliphatic rings. The second kappa shape index (κ2) is 5.77. The van der Waals surface area contributed by atoms with Gasteiger partial charge >= 0.3 is 0 Å². The Morgan fingerprint density at radius 3 is 2.56 bits per heavy atom. The van der Waals surface area contributed by atoms with Gasteiger partial charge in [-0.3, -0.25) is 10.1 Å². The van der Waals surface area contributed by atoms with Gasteiger partial charge < -0.3 is 14.9 Å². The van der Waals surface area contributed by atoms with Crippen LogP contribution in [-0.2, 0) is 5.41 Å². The van der Waals surface area contributed by atoms with E-state index in [1.54, 1.807) is 13.2 Å². The standard InChI is InChI=1S/C18H19N3O4/c1-18(2,3)13-8-10(19)7-12(16(13)24-4)17-20-14-9-11(21(22)23)5-6-15(14)25-17/h5-9H,19H2,1-4H3. The van der Waals surface area contributed by atoms with Crippen molar-refractivity contribution in [1.29, 1.82) is 0 Å². The van der Waals surface area contributed by atoms with Crippen LogP contribution in [0.4, 0.5) is 11.4 Å².